The molecule has 0 radical (unpaired) electrons. The molecule has 4 atom stereocenters. The third-order valence-corrected chi connectivity index (χ3v) is 12.1. The van der Waals surface area contributed by atoms with Gasteiger partial charge in [-0.25, -0.2) is 4.31 Å². The maximum atomic E-state index is 14.8. The molecule has 2 aromatic carbocycles. The smallest absolute Gasteiger partial charge is 0.262 e. The van der Waals surface area contributed by atoms with E-state index in [1.54, 1.807) is 7.11 Å². The molecule has 50 heavy (non-hydrogen) atoms. The second-order valence-electron chi connectivity index (χ2n) is 14.4. The number of ether oxygens (including phenoxy) is 1. The van der Waals surface area contributed by atoms with Gasteiger partial charge in [0.05, 0.1) is 12.5 Å². The highest BCUT2D eigenvalue weighted by atomic mass is 32.2. The van der Waals surface area contributed by atoms with Crippen molar-refractivity contribution in [2.24, 2.45) is 11.3 Å². The molecule has 0 aromatic heterocycles. The Morgan fingerprint density at radius 1 is 1.04 bits per heavy atom. The molecule has 4 unspecified atom stereocenters. The molecule has 0 spiro atoms. The number of nitrogens with one attached hydrogen (secondary N) is 1. The lowest BCUT2D eigenvalue weighted by atomic mass is 9.81. The molecular formula is C41H65N5O3S. The topological polar surface area (TPSA) is 68.4 Å². The second kappa shape index (κ2) is 18.1. The van der Waals surface area contributed by atoms with E-state index in [1.807, 2.05) is 44.4 Å². The summed E-state index contributed by atoms with van der Waals surface area (Å²) >= 11 is 1.28. The fourth-order valence-corrected chi connectivity index (χ4v) is 8.97. The maximum absolute atomic E-state index is 14.8. The summed E-state index contributed by atoms with van der Waals surface area (Å²) in [5.74, 6) is 2.05. The molecule has 1 N–H and O–H groups in total. The molecule has 2 fully saturated rings. The highest BCUT2D eigenvalue weighted by Crippen LogP contribution is 2.63. The Balaban J connectivity index is 0.00000276. The van der Waals surface area contributed by atoms with Crippen LogP contribution in [0.25, 0.3) is 0 Å². The van der Waals surface area contributed by atoms with Crippen molar-refractivity contribution >= 4 is 29.6 Å². The molecule has 8 nitrogen and oxygen atoms in total. The van der Waals surface area contributed by atoms with Crippen LogP contribution in [0.3, 0.4) is 0 Å². The van der Waals surface area contributed by atoms with Crippen LogP contribution in [0, 0.1) is 11.3 Å². The van der Waals surface area contributed by atoms with Gasteiger partial charge in [-0.05, 0) is 99.2 Å². The van der Waals surface area contributed by atoms with Crippen molar-refractivity contribution in [3.63, 3.8) is 0 Å². The number of hydrogen-bond donors (Lipinski definition) is 1. The van der Waals surface area contributed by atoms with E-state index in [4.69, 9.17) is 4.74 Å². The number of carbonyl (C=O) groups is 2. The van der Waals surface area contributed by atoms with Crippen LogP contribution in [0.15, 0.2) is 36.4 Å². The zero-order valence-electron chi connectivity index (χ0n) is 32.7. The van der Waals surface area contributed by atoms with Gasteiger partial charge in [-0.1, -0.05) is 79.9 Å². The Kier molecular flexibility index (Phi) is 14.5. The van der Waals surface area contributed by atoms with E-state index in [0.717, 1.165) is 76.1 Å². The third-order valence-electron chi connectivity index (χ3n) is 11.5. The van der Waals surface area contributed by atoms with Crippen LogP contribution < -0.4 is 14.4 Å². The molecule has 9 heteroatoms. The minimum absolute atomic E-state index is 0.110. The zero-order chi connectivity index (χ0) is 36.6. The standard InChI is InChI=1S/C39H59N5O3S.C2H6/c1-9-13-28(10-2)27(5)33-17-15-29(37(45)40-48-41(6)7)22-36(33)44-25-30-14-16-32(47-8)23-34(30)35-24-39(35,26-44)38(46)43-20-18-31(19-21-43)42(11-3)12-4;1-2/h14-17,22-23,27-28,31,35H,9-13,18-21,24-26H2,1-8H3,(H,40,45);1-2H3. The Hall–Kier alpha value is -2.75. The lowest BCUT2D eigenvalue weighted by molar-refractivity contribution is -0.138. The number of piperidine rings is 1. The van der Waals surface area contributed by atoms with Gasteiger partial charge in [0, 0.05) is 61.5 Å². The summed E-state index contributed by atoms with van der Waals surface area (Å²) in [6, 6.07) is 13.2. The molecule has 1 aliphatic carbocycles. The zero-order valence-corrected chi connectivity index (χ0v) is 33.5. The number of amides is 2. The van der Waals surface area contributed by atoms with Gasteiger partial charge >= 0.3 is 0 Å². The largest absolute Gasteiger partial charge is 0.497 e. The minimum Gasteiger partial charge on any atom is -0.497 e. The fraction of sp³-hybridized carbons (Fsp3) is 0.659. The number of benzene rings is 2. The highest BCUT2D eigenvalue weighted by Gasteiger charge is 2.64. The number of anilines is 1. The molecule has 2 aliphatic heterocycles. The summed E-state index contributed by atoms with van der Waals surface area (Å²) in [6.45, 7) is 20.4. The van der Waals surface area contributed by atoms with Crippen LogP contribution in [0.1, 0.15) is 126 Å². The van der Waals surface area contributed by atoms with Crippen molar-refractivity contribution in [2.45, 2.75) is 111 Å². The highest BCUT2D eigenvalue weighted by molar-refractivity contribution is 7.95. The molecule has 1 saturated heterocycles. The van der Waals surface area contributed by atoms with Crippen LogP contribution in [-0.4, -0.2) is 85.9 Å². The number of carbonyl (C=O) groups excluding carboxylic acids is 2. The fourth-order valence-electron chi connectivity index (χ4n) is 8.59. The SMILES string of the molecule is CC.CCCC(CC)C(C)c1ccc(C(=O)NSN(C)C)cc1N1Cc2ccc(OC)cc2C2CC2(C(=O)N2CCC(N(CC)CC)CC2)C1. The first kappa shape index (κ1) is 40.0. The van der Waals surface area contributed by atoms with Gasteiger partial charge in [-0.2, -0.15) is 0 Å². The lowest BCUT2D eigenvalue weighted by Gasteiger charge is -2.40. The first-order valence-electron chi connectivity index (χ1n) is 19.3. The Labute approximate surface area is 307 Å². The summed E-state index contributed by atoms with van der Waals surface area (Å²) in [5, 5.41) is 0. The van der Waals surface area contributed by atoms with Crippen LogP contribution in [0.2, 0.25) is 0 Å². The number of nitrogens with zero attached hydrogens (tertiary/aromatic N) is 4. The Morgan fingerprint density at radius 2 is 1.74 bits per heavy atom. The molecule has 2 aromatic rings. The normalized spacial score (nSPS) is 21.4. The molecule has 278 valence electrons. The molecule has 1 saturated carbocycles. The first-order chi connectivity index (χ1) is 24.1. The van der Waals surface area contributed by atoms with E-state index in [0.29, 0.717) is 42.4 Å². The predicted molar refractivity (Wildman–Crippen MR) is 210 cm³/mol. The van der Waals surface area contributed by atoms with Crippen molar-refractivity contribution in [2.75, 3.05) is 58.8 Å². The average molecular weight is 708 g/mol. The number of rotatable bonds is 14. The molecular weight excluding hydrogens is 643 g/mol. The van der Waals surface area contributed by atoms with Gasteiger partial charge in [0.1, 0.15) is 5.75 Å². The van der Waals surface area contributed by atoms with Gasteiger partial charge in [0.15, 0.2) is 0 Å². The van der Waals surface area contributed by atoms with Crippen LogP contribution in [-0.2, 0) is 11.3 Å². The summed E-state index contributed by atoms with van der Waals surface area (Å²) in [5.41, 5.74) is 4.98. The minimum atomic E-state index is -0.493. The van der Waals surface area contributed by atoms with E-state index >= 15 is 0 Å². The molecule has 5 rings (SSSR count). The second-order valence-corrected chi connectivity index (χ2v) is 15.5. The Bertz CT molecular complexity index is 1420. The van der Waals surface area contributed by atoms with E-state index < -0.39 is 5.41 Å². The van der Waals surface area contributed by atoms with Crippen LogP contribution in [0.4, 0.5) is 5.69 Å². The van der Waals surface area contributed by atoms with E-state index in [2.05, 4.69) is 78.3 Å². The van der Waals surface area contributed by atoms with Crippen molar-refractivity contribution in [1.29, 1.82) is 0 Å². The summed E-state index contributed by atoms with van der Waals surface area (Å²) in [6.07, 6.45) is 6.31. The summed E-state index contributed by atoms with van der Waals surface area (Å²) in [7, 11) is 5.55. The number of fused-ring (bicyclic) bond motifs is 3. The summed E-state index contributed by atoms with van der Waals surface area (Å²) < 4.78 is 10.6. The van der Waals surface area contributed by atoms with E-state index in [-0.39, 0.29) is 11.8 Å². The number of likely N-dealkylation sites (tertiary alicyclic amines) is 1. The van der Waals surface area contributed by atoms with Crippen molar-refractivity contribution in [3.05, 3.63) is 58.7 Å². The van der Waals surface area contributed by atoms with E-state index in [1.165, 1.54) is 28.8 Å². The average Bonchev–Trinajstić information content (AvgIpc) is 3.89. The monoisotopic (exact) mass is 707 g/mol. The van der Waals surface area contributed by atoms with Crippen molar-refractivity contribution < 1.29 is 14.3 Å². The number of hydrogen-bond acceptors (Lipinski definition) is 7. The van der Waals surface area contributed by atoms with Gasteiger partial charge in [0.25, 0.3) is 5.91 Å². The van der Waals surface area contributed by atoms with Gasteiger partial charge in [-0.15, -0.1) is 0 Å². The number of methoxy groups -OCH3 is 1. The first-order valence-corrected chi connectivity index (χ1v) is 20.1. The lowest BCUT2D eigenvalue weighted by Crippen LogP contribution is -2.50. The van der Waals surface area contributed by atoms with Gasteiger partial charge < -0.3 is 19.4 Å². The van der Waals surface area contributed by atoms with Crippen LogP contribution >= 0.6 is 12.1 Å². The van der Waals surface area contributed by atoms with Crippen molar-refractivity contribution in [1.82, 2.24) is 18.8 Å². The third kappa shape index (κ3) is 8.64. The molecule has 2 amide bonds. The Morgan fingerprint density at radius 3 is 2.34 bits per heavy atom. The van der Waals surface area contributed by atoms with Crippen molar-refractivity contribution in [3.8, 4) is 5.75 Å². The molecule has 3 aliphatic rings. The van der Waals surface area contributed by atoms with Gasteiger partial charge in [-0.3, -0.25) is 14.3 Å². The predicted octanol–water partition coefficient (Wildman–Crippen LogP) is 8.33. The quantitative estimate of drug-likeness (QED) is 0.198. The molecule has 0 bridgehead atoms. The van der Waals surface area contributed by atoms with Crippen LogP contribution in [0.5, 0.6) is 5.75 Å². The summed E-state index contributed by atoms with van der Waals surface area (Å²) in [4.78, 5) is 35.4. The molecule has 2 heterocycles. The van der Waals surface area contributed by atoms with E-state index in [9.17, 15) is 9.59 Å². The van der Waals surface area contributed by atoms with Gasteiger partial charge in [0.2, 0.25) is 5.91 Å². The maximum Gasteiger partial charge on any atom is 0.262 e.